The van der Waals surface area contributed by atoms with E-state index in [0.717, 1.165) is 0 Å². The van der Waals surface area contributed by atoms with Crippen LogP contribution in [0.15, 0.2) is 6.07 Å². The molecule has 0 saturated carbocycles. The van der Waals surface area contributed by atoms with Crippen molar-refractivity contribution in [2.45, 2.75) is 27.7 Å². The first-order chi connectivity index (χ1) is 6.90. The average Bonchev–Trinajstić information content (AvgIpc) is 2.13. The maximum atomic E-state index is 5.56. The van der Waals surface area contributed by atoms with Gasteiger partial charge in [0.05, 0.1) is 19.8 Å². The van der Waals surface area contributed by atoms with E-state index in [1.54, 1.807) is 13.2 Å². The van der Waals surface area contributed by atoms with Crippen LogP contribution in [0.5, 0.6) is 11.8 Å². The third-order valence-electron chi connectivity index (χ3n) is 1.65. The largest absolute Gasteiger partial charge is 0.481 e. The van der Waals surface area contributed by atoms with E-state index in [1.165, 1.54) is 0 Å². The third-order valence-corrected chi connectivity index (χ3v) is 1.65. The van der Waals surface area contributed by atoms with Gasteiger partial charge in [0.2, 0.25) is 11.8 Å². The third kappa shape index (κ3) is 4.14. The fourth-order valence-electron chi connectivity index (χ4n) is 0.983. The van der Waals surface area contributed by atoms with Gasteiger partial charge in [0.15, 0.2) is 0 Å². The Bertz CT molecular complexity index is 332. The highest BCUT2D eigenvalue weighted by molar-refractivity contribution is 5.20. The molecule has 0 unspecified atom stereocenters. The topological polar surface area (TPSA) is 44.2 Å². The van der Waals surface area contributed by atoms with Gasteiger partial charge in [0.25, 0.3) is 0 Å². The molecule has 0 aliphatic rings. The molecule has 1 aromatic rings. The van der Waals surface area contributed by atoms with Crippen LogP contribution in [0.4, 0.5) is 0 Å². The molecule has 15 heavy (non-hydrogen) atoms. The van der Waals surface area contributed by atoms with Crippen molar-refractivity contribution in [3.63, 3.8) is 0 Å². The SMILES string of the molecule is COc1cc(OCC(C)(C)C)nc(C)n1. The summed E-state index contributed by atoms with van der Waals surface area (Å²) in [5.41, 5.74) is 0.117. The summed E-state index contributed by atoms with van der Waals surface area (Å²) < 4.78 is 10.6. The highest BCUT2D eigenvalue weighted by Crippen LogP contribution is 2.18. The summed E-state index contributed by atoms with van der Waals surface area (Å²) in [6.07, 6.45) is 0. The summed E-state index contributed by atoms with van der Waals surface area (Å²) >= 11 is 0. The van der Waals surface area contributed by atoms with E-state index in [2.05, 4.69) is 30.7 Å². The molecular weight excluding hydrogens is 192 g/mol. The van der Waals surface area contributed by atoms with Gasteiger partial charge in [0.1, 0.15) is 5.82 Å². The Morgan fingerprint density at radius 3 is 2.33 bits per heavy atom. The molecule has 84 valence electrons. The van der Waals surface area contributed by atoms with Gasteiger partial charge in [-0.25, -0.2) is 0 Å². The zero-order valence-electron chi connectivity index (χ0n) is 10.00. The summed E-state index contributed by atoms with van der Waals surface area (Å²) in [6, 6.07) is 1.69. The van der Waals surface area contributed by atoms with Crippen molar-refractivity contribution in [1.82, 2.24) is 9.97 Å². The smallest absolute Gasteiger partial charge is 0.220 e. The van der Waals surface area contributed by atoms with Gasteiger partial charge in [-0.15, -0.1) is 0 Å². The highest BCUT2D eigenvalue weighted by atomic mass is 16.5. The minimum atomic E-state index is 0.117. The molecule has 0 N–H and O–H groups in total. The van der Waals surface area contributed by atoms with Crippen molar-refractivity contribution >= 4 is 0 Å². The van der Waals surface area contributed by atoms with E-state index in [9.17, 15) is 0 Å². The van der Waals surface area contributed by atoms with Crippen LogP contribution in [0.2, 0.25) is 0 Å². The first-order valence-electron chi connectivity index (χ1n) is 4.93. The monoisotopic (exact) mass is 210 g/mol. The maximum absolute atomic E-state index is 5.56. The molecule has 0 atom stereocenters. The van der Waals surface area contributed by atoms with E-state index >= 15 is 0 Å². The molecule has 1 aromatic heterocycles. The van der Waals surface area contributed by atoms with Crippen LogP contribution in [0.25, 0.3) is 0 Å². The van der Waals surface area contributed by atoms with Crippen LogP contribution in [-0.2, 0) is 0 Å². The van der Waals surface area contributed by atoms with Crippen LogP contribution < -0.4 is 9.47 Å². The Balaban J connectivity index is 2.73. The Kier molecular flexibility index (Phi) is 3.50. The van der Waals surface area contributed by atoms with Crippen molar-refractivity contribution in [3.05, 3.63) is 11.9 Å². The molecule has 0 radical (unpaired) electrons. The average molecular weight is 210 g/mol. The lowest BCUT2D eigenvalue weighted by molar-refractivity contribution is 0.190. The van der Waals surface area contributed by atoms with Gasteiger partial charge in [-0.05, 0) is 12.3 Å². The quantitative estimate of drug-likeness (QED) is 0.767. The molecule has 0 bridgehead atoms. The lowest BCUT2D eigenvalue weighted by Crippen LogP contribution is -2.17. The zero-order chi connectivity index (χ0) is 11.5. The molecule has 4 heteroatoms. The number of hydrogen-bond acceptors (Lipinski definition) is 4. The van der Waals surface area contributed by atoms with Gasteiger partial charge in [-0.3, -0.25) is 0 Å². The molecular formula is C11H18N2O2. The van der Waals surface area contributed by atoms with Crippen LogP contribution in [0, 0.1) is 12.3 Å². The van der Waals surface area contributed by atoms with E-state index in [-0.39, 0.29) is 5.41 Å². The second-order valence-corrected chi connectivity index (χ2v) is 4.65. The number of ether oxygens (including phenoxy) is 2. The number of hydrogen-bond donors (Lipinski definition) is 0. The Morgan fingerprint density at radius 2 is 1.80 bits per heavy atom. The predicted molar refractivity (Wildman–Crippen MR) is 58.3 cm³/mol. The van der Waals surface area contributed by atoms with Crippen molar-refractivity contribution in [2.75, 3.05) is 13.7 Å². The molecule has 1 rings (SSSR count). The van der Waals surface area contributed by atoms with Crippen LogP contribution in [0.3, 0.4) is 0 Å². The van der Waals surface area contributed by atoms with E-state index in [0.29, 0.717) is 24.2 Å². The molecule has 0 fully saturated rings. The van der Waals surface area contributed by atoms with Crippen LogP contribution >= 0.6 is 0 Å². The lowest BCUT2D eigenvalue weighted by atomic mass is 9.99. The summed E-state index contributed by atoms with van der Waals surface area (Å²) in [4.78, 5) is 8.25. The summed E-state index contributed by atoms with van der Waals surface area (Å²) in [5.74, 6) is 1.75. The predicted octanol–water partition coefficient (Wildman–Crippen LogP) is 2.22. The number of rotatable bonds is 3. The molecule has 0 amide bonds. The van der Waals surface area contributed by atoms with E-state index < -0.39 is 0 Å². The molecule has 1 heterocycles. The molecule has 0 aliphatic carbocycles. The summed E-state index contributed by atoms with van der Waals surface area (Å²) in [7, 11) is 1.58. The first-order valence-corrected chi connectivity index (χ1v) is 4.93. The second-order valence-electron chi connectivity index (χ2n) is 4.65. The number of aromatic nitrogens is 2. The fourth-order valence-corrected chi connectivity index (χ4v) is 0.983. The number of nitrogens with zero attached hydrogens (tertiary/aromatic N) is 2. The lowest BCUT2D eigenvalue weighted by Gasteiger charge is -2.18. The first kappa shape index (κ1) is 11.8. The Labute approximate surface area is 90.7 Å². The maximum Gasteiger partial charge on any atom is 0.220 e. The van der Waals surface area contributed by atoms with Gasteiger partial charge in [0, 0.05) is 0 Å². The second kappa shape index (κ2) is 4.47. The van der Waals surface area contributed by atoms with Crippen molar-refractivity contribution < 1.29 is 9.47 Å². The number of methoxy groups -OCH3 is 1. The zero-order valence-corrected chi connectivity index (χ0v) is 10.00. The van der Waals surface area contributed by atoms with Gasteiger partial charge >= 0.3 is 0 Å². The van der Waals surface area contributed by atoms with Gasteiger partial charge in [-0.2, -0.15) is 9.97 Å². The molecule has 0 saturated heterocycles. The van der Waals surface area contributed by atoms with Gasteiger partial charge < -0.3 is 9.47 Å². The standard InChI is InChI=1S/C11H18N2O2/c1-8-12-9(14-5)6-10(13-8)15-7-11(2,3)4/h6H,7H2,1-5H3. The minimum Gasteiger partial charge on any atom is -0.481 e. The summed E-state index contributed by atoms with van der Waals surface area (Å²) in [6.45, 7) is 8.76. The molecule has 0 spiro atoms. The van der Waals surface area contributed by atoms with E-state index in [4.69, 9.17) is 9.47 Å². The Morgan fingerprint density at radius 1 is 1.20 bits per heavy atom. The summed E-state index contributed by atoms with van der Waals surface area (Å²) in [5, 5.41) is 0. The molecule has 4 nitrogen and oxygen atoms in total. The number of aryl methyl sites for hydroxylation is 1. The van der Waals surface area contributed by atoms with E-state index in [1.807, 2.05) is 6.92 Å². The highest BCUT2D eigenvalue weighted by Gasteiger charge is 2.12. The minimum absolute atomic E-state index is 0.117. The Hall–Kier alpha value is -1.32. The van der Waals surface area contributed by atoms with Crippen LogP contribution in [0.1, 0.15) is 26.6 Å². The van der Waals surface area contributed by atoms with Gasteiger partial charge in [-0.1, -0.05) is 20.8 Å². The molecule has 0 aromatic carbocycles. The van der Waals surface area contributed by atoms with Crippen LogP contribution in [-0.4, -0.2) is 23.7 Å². The fraction of sp³-hybridized carbons (Fsp3) is 0.636. The van der Waals surface area contributed by atoms with Crippen molar-refractivity contribution in [3.8, 4) is 11.8 Å². The van der Waals surface area contributed by atoms with Crippen molar-refractivity contribution in [1.29, 1.82) is 0 Å². The van der Waals surface area contributed by atoms with Crippen molar-refractivity contribution in [2.24, 2.45) is 5.41 Å². The molecule has 0 aliphatic heterocycles. The normalized spacial score (nSPS) is 11.3.